The molecule has 2 saturated carbocycles. The molecule has 10 aromatic rings. The van der Waals surface area contributed by atoms with Gasteiger partial charge in [0.05, 0.1) is 11.1 Å². The zero-order chi connectivity index (χ0) is 50.5. The first kappa shape index (κ1) is 45.2. The lowest BCUT2D eigenvalue weighted by atomic mass is 9.61. The van der Waals surface area contributed by atoms with Gasteiger partial charge in [-0.05, 0) is 194 Å². The van der Waals surface area contributed by atoms with Gasteiger partial charge in [-0.2, -0.15) is 0 Å². The predicted octanol–water partition coefficient (Wildman–Crippen LogP) is 19.3. The van der Waals surface area contributed by atoms with E-state index in [1.807, 2.05) is 0 Å². The largest absolute Gasteiger partial charge is 0.334 e. The standard InChI is InChI=1S/C68H56F4N2/c1-65-26-12-14-28-67(65,3)73(49-35-45(69)33-46(70)36-49)61-24-22-43(31-59(61)65)63-52-20-10-11-21-53(52)64(58-40-56-54(41-16-6-5-7-17-41)30-42-18-8-9-19-51(42)55(56)39-57(58)63)44-23-25-62-60(32-44)66(2)27-13-15-29-68(66,4)74(62)50-37-47(71)34-48(72)38-50/h5-11,16-25,30-40H,12-15,26-29H2,1-4H3. The highest BCUT2D eigenvalue weighted by Gasteiger charge is 2.59. The van der Waals surface area contributed by atoms with Crippen molar-refractivity contribution in [3.05, 3.63) is 204 Å². The van der Waals surface area contributed by atoms with E-state index < -0.39 is 34.3 Å². The smallest absolute Gasteiger partial charge is 0.128 e. The molecule has 0 amide bonds. The highest BCUT2D eigenvalue weighted by atomic mass is 19.1. The maximum Gasteiger partial charge on any atom is 0.128 e. The summed E-state index contributed by atoms with van der Waals surface area (Å²) in [6.07, 6.45) is 7.90. The third-order valence-corrected chi connectivity index (χ3v) is 19.1. The lowest BCUT2D eigenvalue weighted by molar-refractivity contribution is 0.195. The van der Waals surface area contributed by atoms with Crippen LogP contribution in [0.4, 0.5) is 40.3 Å². The maximum atomic E-state index is 15.2. The van der Waals surface area contributed by atoms with Crippen LogP contribution in [-0.2, 0) is 10.8 Å². The molecule has 0 N–H and O–H groups in total. The van der Waals surface area contributed by atoms with Crippen LogP contribution in [0.15, 0.2) is 170 Å². The second-order valence-corrected chi connectivity index (χ2v) is 22.8. The van der Waals surface area contributed by atoms with Gasteiger partial charge < -0.3 is 9.80 Å². The number of rotatable bonds is 5. The first-order chi connectivity index (χ1) is 35.8. The normalized spacial score (nSPS) is 23.1. The lowest BCUT2D eigenvalue weighted by Gasteiger charge is -2.50. The van der Waals surface area contributed by atoms with Crippen molar-refractivity contribution in [2.24, 2.45) is 0 Å². The Labute approximate surface area is 429 Å². The molecule has 0 aromatic heterocycles. The summed E-state index contributed by atoms with van der Waals surface area (Å²) in [7, 11) is 0. The van der Waals surface area contributed by atoms with E-state index in [0.717, 1.165) is 135 Å². The molecule has 0 spiro atoms. The number of anilines is 4. The summed E-state index contributed by atoms with van der Waals surface area (Å²) in [6.45, 7) is 9.31. The topological polar surface area (TPSA) is 6.48 Å². The van der Waals surface area contributed by atoms with Crippen molar-refractivity contribution in [3.8, 4) is 33.4 Å². The Balaban J connectivity index is 1.08. The second kappa shape index (κ2) is 16.0. The number of hydrogen-bond donors (Lipinski definition) is 0. The molecule has 2 aliphatic carbocycles. The molecule has 2 aliphatic heterocycles. The van der Waals surface area contributed by atoms with Gasteiger partial charge in [-0.3, -0.25) is 0 Å². The number of benzene rings is 10. The molecule has 366 valence electrons. The highest BCUT2D eigenvalue weighted by Crippen LogP contribution is 2.64. The van der Waals surface area contributed by atoms with Crippen LogP contribution < -0.4 is 9.80 Å². The average molecular weight is 977 g/mol. The molecule has 0 radical (unpaired) electrons. The molecular formula is C68H56F4N2. The Morgan fingerprint density at radius 2 is 0.784 bits per heavy atom. The summed E-state index contributed by atoms with van der Waals surface area (Å²) in [5.74, 6) is -2.32. The van der Waals surface area contributed by atoms with Crippen molar-refractivity contribution in [3.63, 3.8) is 0 Å². The van der Waals surface area contributed by atoms with Crippen LogP contribution in [-0.4, -0.2) is 11.1 Å². The number of fused-ring (bicyclic) bond motifs is 11. The van der Waals surface area contributed by atoms with Crippen LogP contribution in [0.5, 0.6) is 0 Å². The maximum absolute atomic E-state index is 15.2. The third-order valence-electron chi connectivity index (χ3n) is 19.1. The minimum Gasteiger partial charge on any atom is -0.334 e. The van der Waals surface area contributed by atoms with Crippen LogP contribution in [0.1, 0.15) is 90.2 Å². The van der Waals surface area contributed by atoms with E-state index in [9.17, 15) is 0 Å². The van der Waals surface area contributed by atoms with Crippen LogP contribution in [0, 0.1) is 23.3 Å². The van der Waals surface area contributed by atoms with E-state index in [2.05, 4.69) is 171 Å². The molecule has 4 atom stereocenters. The molecule has 2 fully saturated rings. The molecule has 6 heteroatoms. The van der Waals surface area contributed by atoms with E-state index in [1.165, 1.54) is 51.6 Å². The zero-order valence-electron chi connectivity index (χ0n) is 42.2. The Kier molecular flexibility index (Phi) is 9.79. The predicted molar refractivity (Wildman–Crippen MR) is 298 cm³/mol. The van der Waals surface area contributed by atoms with Gasteiger partial charge in [0.2, 0.25) is 0 Å². The fourth-order valence-electron chi connectivity index (χ4n) is 15.2. The minimum atomic E-state index is -0.580. The van der Waals surface area contributed by atoms with Crippen LogP contribution >= 0.6 is 0 Å². The van der Waals surface area contributed by atoms with Gasteiger partial charge in [0.1, 0.15) is 23.3 Å². The fourth-order valence-corrected chi connectivity index (χ4v) is 15.2. The van der Waals surface area contributed by atoms with Gasteiger partial charge in [0, 0.05) is 45.7 Å². The van der Waals surface area contributed by atoms with Crippen molar-refractivity contribution in [2.45, 2.75) is 101 Å². The van der Waals surface area contributed by atoms with E-state index in [0.29, 0.717) is 11.4 Å². The molecule has 14 rings (SSSR count). The van der Waals surface area contributed by atoms with Gasteiger partial charge >= 0.3 is 0 Å². The molecule has 4 unspecified atom stereocenters. The first-order valence-corrected chi connectivity index (χ1v) is 26.5. The summed E-state index contributed by atoms with van der Waals surface area (Å²) in [5, 5.41) is 9.19. The van der Waals surface area contributed by atoms with Gasteiger partial charge in [0.25, 0.3) is 0 Å². The van der Waals surface area contributed by atoms with Crippen molar-refractivity contribution in [1.82, 2.24) is 0 Å². The van der Waals surface area contributed by atoms with Crippen LogP contribution in [0.25, 0.3) is 76.5 Å². The minimum absolute atomic E-state index is 0.308. The summed E-state index contributed by atoms with van der Waals surface area (Å²) in [4.78, 5) is 4.47. The molecule has 0 saturated heterocycles. The van der Waals surface area contributed by atoms with E-state index >= 15 is 17.6 Å². The van der Waals surface area contributed by atoms with Crippen molar-refractivity contribution < 1.29 is 17.6 Å². The summed E-state index contributed by atoms with van der Waals surface area (Å²) in [5.41, 5.74) is 10.8. The lowest BCUT2D eigenvalue weighted by Crippen LogP contribution is -2.54. The van der Waals surface area contributed by atoms with Crippen molar-refractivity contribution in [1.29, 1.82) is 0 Å². The zero-order valence-corrected chi connectivity index (χ0v) is 42.2. The Hall–Kier alpha value is -7.44. The van der Waals surface area contributed by atoms with Crippen LogP contribution in [0.2, 0.25) is 0 Å². The molecule has 10 aromatic carbocycles. The third kappa shape index (κ3) is 6.23. The Morgan fingerprint density at radius 3 is 1.28 bits per heavy atom. The number of halogens is 4. The van der Waals surface area contributed by atoms with E-state index in [4.69, 9.17) is 0 Å². The van der Waals surface area contributed by atoms with Gasteiger partial charge in [-0.25, -0.2) is 17.6 Å². The summed E-state index contributed by atoms with van der Waals surface area (Å²) >= 11 is 0. The SMILES string of the molecule is CC12CCCCC1(C)N(c1cc(F)cc(F)c1)c1ccc(-c3c4ccccc4c(-c4ccc5c(c4)C4(C)CCCCC4(C)N5c4cc(F)cc(F)c4)c4cc5c(cc34)c(-c3ccccc3)cc3ccccc35)cc12. The first-order valence-electron chi connectivity index (χ1n) is 26.5. The summed E-state index contributed by atoms with van der Waals surface area (Å²) < 4.78 is 60.7. The van der Waals surface area contributed by atoms with Gasteiger partial charge in [-0.1, -0.05) is 131 Å². The second-order valence-electron chi connectivity index (χ2n) is 22.8. The van der Waals surface area contributed by atoms with E-state index in [-0.39, 0.29) is 10.8 Å². The molecular weight excluding hydrogens is 921 g/mol. The van der Waals surface area contributed by atoms with Crippen molar-refractivity contribution >= 4 is 65.8 Å². The van der Waals surface area contributed by atoms with Crippen molar-refractivity contribution in [2.75, 3.05) is 9.80 Å². The van der Waals surface area contributed by atoms with Gasteiger partial charge in [0.15, 0.2) is 0 Å². The van der Waals surface area contributed by atoms with Crippen LogP contribution in [0.3, 0.4) is 0 Å². The average Bonchev–Trinajstić information content (AvgIpc) is 3.84. The molecule has 2 heterocycles. The van der Waals surface area contributed by atoms with E-state index in [1.54, 1.807) is 0 Å². The molecule has 0 bridgehead atoms. The molecule has 4 aliphatic rings. The summed E-state index contributed by atoms with van der Waals surface area (Å²) in [6, 6.07) is 57.0. The Morgan fingerprint density at radius 1 is 0.351 bits per heavy atom. The molecule has 74 heavy (non-hydrogen) atoms. The van der Waals surface area contributed by atoms with Gasteiger partial charge in [-0.15, -0.1) is 0 Å². The monoisotopic (exact) mass is 976 g/mol. The fraction of sp³-hybridized carbons (Fsp3) is 0.235. The molecule has 2 nitrogen and oxygen atoms in total. The highest BCUT2D eigenvalue weighted by molar-refractivity contribution is 6.27. The number of hydrogen-bond acceptors (Lipinski definition) is 2. The number of nitrogens with zero attached hydrogens (tertiary/aromatic N) is 2. The Bertz CT molecular complexity index is 3980. The quantitative estimate of drug-likeness (QED) is 0.0963.